The molecule has 0 saturated carbocycles. The Morgan fingerprint density at radius 3 is 2.81 bits per heavy atom. The quantitative estimate of drug-likeness (QED) is 0.677. The molecule has 1 aliphatic heterocycles. The summed E-state index contributed by atoms with van der Waals surface area (Å²) < 4.78 is 0. The Morgan fingerprint density at radius 1 is 1.52 bits per heavy atom. The van der Waals surface area contributed by atoms with E-state index in [4.69, 9.17) is 17.3 Å². The molecule has 1 heterocycles. The van der Waals surface area contributed by atoms with Crippen LogP contribution in [0, 0.1) is 10.1 Å². The minimum atomic E-state index is -0.461. The summed E-state index contributed by atoms with van der Waals surface area (Å²) >= 11 is 5.96. The van der Waals surface area contributed by atoms with Crippen molar-refractivity contribution >= 4 is 29.7 Å². The van der Waals surface area contributed by atoms with Crippen molar-refractivity contribution in [1.82, 2.24) is 4.90 Å². The smallest absolute Gasteiger partial charge is 0.287 e. The summed E-state index contributed by atoms with van der Waals surface area (Å²) in [5.74, 6) is 0. The molecule has 2 atom stereocenters. The zero-order valence-corrected chi connectivity index (χ0v) is 13.6. The van der Waals surface area contributed by atoms with E-state index in [1.807, 2.05) is 6.92 Å². The van der Waals surface area contributed by atoms with Gasteiger partial charge in [-0.2, -0.15) is 0 Å². The Kier molecular flexibility index (Phi) is 6.87. The number of nitro benzene ring substituents is 1. The van der Waals surface area contributed by atoms with Gasteiger partial charge in [-0.1, -0.05) is 24.1 Å². The summed E-state index contributed by atoms with van der Waals surface area (Å²) in [5, 5.41) is 11.0. The fraction of sp³-hybridized carbons (Fsp3) is 0.571. The minimum absolute atomic E-state index is 0. The molecule has 0 bridgehead atoms. The topological polar surface area (TPSA) is 72.4 Å². The van der Waals surface area contributed by atoms with Crippen LogP contribution in [0.5, 0.6) is 0 Å². The van der Waals surface area contributed by atoms with Crippen LogP contribution in [-0.4, -0.2) is 28.5 Å². The first-order valence-corrected chi connectivity index (χ1v) is 7.29. The van der Waals surface area contributed by atoms with Crippen molar-refractivity contribution in [3.63, 3.8) is 0 Å². The van der Waals surface area contributed by atoms with Crippen LogP contribution in [0.4, 0.5) is 5.69 Å². The van der Waals surface area contributed by atoms with Crippen LogP contribution in [0.25, 0.3) is 0 Å². The molecular formula is C14H21Cl2N3O2. The highest BCUT2D eigenvalue weighted by Gasteiger charge is 2.25. The summed E-state index contributed by atoms with van der Waals surface area (Å²) in [6.07, 6.45) is 3.49. The van der Waals surface area contributed by atoms with Gasteiger partial charge in [0.2, 0.25) is 0 Å². The maximum absolute atomic E-state index is 10.8. The summed E-state index contributed by atoms with van der Waals surface area (Å²) in [6.45, 7) is 3.79. The molecule has 5 nitrogen and oxygen atoms in total. The normalized spacial score (nSPS) is 20.6. The lowest BCUT2D eigenvalue weighted by Gasteiger charge is -2.38. The number of halogens is 2. The molecule has 1 fully saturated rings. The van der Waals surface area contributed by atoms with Gasteiger partial charge in [-0.15, -0.1) is 12.4 Å². The Bertz CT molecular complexity index is 497. The Hall–Kier alpha value is -0.880. The number of piperidine rings is 1. The number of rotatable bonds is 4. The van der Waals surface area contributed by atoms with Crippen molar-refractivity contribution in [3.8, 4) is 0 Å². The second kappa shape index (κ2) is 7.94. The SMILES string of the molecule is CC(N)C1CCCCN1Cc1ccc([N+](=O)[O-])c(Cl)c1.Cl. The number of nitro groups is 1. The fourth-order valence-corrected chi connectivity index (χ4v) is 3.11. The number of hydrogen-bond donors (Lipinski definition) is 1. The Morgan fingerprint density at radius 2 is 2.24 bits per heavy atom. The maximum Gasteiger partial charge on any atom is 0.287 e. The molecule has 1 aromatic rings. The molecule has 1 saturated heterocycles. The predicted octanol–water partition coefficient (Wildman–Crippen LogP) is 3.37. The molecule has 0 radical (unpaired) electrons. The summed E-state index contributed by atoms with van der Waals surface area (Å²) in [7, 11) is 0. The van der Waals surface area contributed by atoms with Crippen molar-refractivity contribution in [2.24, 2.45) is 5.73 Å². The van der Waals surface area contributed by atoms with Crippen molar-refractivity contribution in [1.29, 1.82) is 0 Å². The third-order valence-corrected chi connectivity index (χ3v) is 4.17. The van der Waals surface area contributed by atoms with E-state index in [-0.39, 0.29) is 29.2 Å². The van der Waals surface area contributed by atoms with Gasteiger partial charge in [0.15, 0.2) is 0 Å². The van der Waals surface area contributed by atoms with E-state index in [0.29, 0.717) is 6.04 Å². The largest absolute Gasteiger partial charge is 0.327 e. The number of benzene rings is 1. The van der Waals surface area contributed by atoms with E-state index >= 15 is 0 Å². The highest BCUT2D eigenvalue weighted by molar-refractivity contribution is 6.32. The summed E-state index contributed by atoms with van der Waals surface area (Å²) in [5.41, 5.74) is 7.00. The van der Waals surface area contributed by atoms with Crippen molar-refractivity contribution in [2.45, 2.75) is 44.8 Å². The van der Waals surface area contributed by atoms with Gasteiger partial charge in [0, 0.05) is 24.7 Å². The number of hydrogen-bond acceptors (Lipinski definition) is 4. The second-order valence-electron chi connectivity index (χ2n) is 5.44. The van der Waals surface area contributed by atoms with Crippen molar-refractivity contribution < 1.29 is 4.92 Å². The van der Waals surface area contributed by atoms with Crippen molar-refractivity contribution in [3.05, 3.63) is 38.9 Å². The standard InChI is InChI=1S/C14H20ClN3O2.ClH/c1-10(16)13-4-2-3-7-17(13)9-11-5-6-14(18(19)20)12(15)8-11;/h5-6,8,10,13H,2-4,7,9,16H2,1H3;1H. The van der Waals surface area contributed by atoms with Crippen LogP contribution < -0.4 is 5.73 Å². The van der Waals surface area contributed by atoms with Crippen LogP contribution in [-0.2, 0) is 6.54 Å². The molecule has 21 heavy (non-hydrogen) atoms. The molecule has 0 amide bonds. The van der Waals surface area contributed by atoms with Crippen LogP contribution in [0.3, 0.4) is 0 Å². The third-order valence-electron chi connectivity index (χ3n) is 3.87. The summed E-state index contributed by atoms with van der Waals surface area (Å²) in [6, 6.07) is 5.44. The number of nitrogens with two attached hydrogens (primary N) is 1. The van der Waals surface area contributed by atoms with Gasteiger partial charge in [0.1, 0.15) is 5.02 Å². The maximum atomic E-state index is 10.8. The van der Waals surface area contributed by atoms with Crippen LogP contribution in [0.2, 0.25) is 5.02 Å². The number of likely N-dealkylation sites (tertiary alicyclic amines) is 1. The first-order valence-electron chi connectivity index (χ1n) is 6.91. The average Bonchev–Trinajstić information content (AvgIpc) is 2.38. The molecule has 0 aliphatic carbocycles. The monoisotopic (exact) mass is 333 g/mol. The molecule has 0 spiro atoms. The zero-order chi connectivity index (χ0) is 14.7. The van der Waals surface area contributed by atoms with E-state index in [2.05, 4.69) is 4.90 Å². The molecular weight excluding hydrogens is 313 g/mol. The van der Waals surface area contributed by atoms with Gasteiger partial charge in [-0.3, -0.25) is 15.0 Å². The van der Waals surface area contributed by atoms with Crippen LogP contribution >= 0.6 is 24.0 Å². The van der Waals surface area contributed by atoms with Crippen LogP contribution in [0.1, 0.15) is 31.7 Å². The average molecular weight is 334 g/mol. The fourth-order valence-electron chi connectivity index (χ4n) is 2.84. The molecule has 1 aromatic carbocycles. The van der Waals surface area contributed by atoms with E-state index < -0.39 is 4.92 Å². The highest BCUT2D eigenvalue weighted by Crippen LogP contribution is 2.27. The molecule has 2 N–H and O–H groups in total. The van der Waals surface area contributed by atoms with E-state index in [1.165, 1.54) is 18.9 Å². The third kappa shape index (κ3) is 4.54. The van der Waals surface area contributed by atoms with Crippen molar-refractivity contribution in [2.75, 3.05) is 6.54 Å². The molecule has 1 aliphatic rings. The van der Waals surface area contributed by atoms with Gasteiger partial charge in [0.25, 0.3) is 5.69 Å². The first-order chi connectivity index (χ1) is 9.49. The molecule has 2 unspecified atom stereocenters. The first kappa shape index (κ1) is 18.2. The molecule has 2 rings (SSSR count). The minimum Gasteiger partial charge on any atom is -0.327 e. The van der Waals surface area contributed by atoms with Gasteiger partial charge < -0.3 is 5.73 Å². The Labute approximate surface area is 136 Å². The Balaban J connectivity index is 0.00000220. The lowest BCUT2D eigenvalue weighted by atomic mass is 9.96. The predicted molar refractivity (Wildman–Crippen MR) is 87.1 cm³/mol. The molecule has 7 heteroatoms. The second-order valence-corrected chi connectivity index (χ2v) is 5.84. The van der Waals surface area contributed by atoms with Gasteiger partial charge in [-0.05, 0) is 37.9 Å². The molecule has 118 valence electrons. The number of nitrogens with zero attached hydrogens (tertiary/aromatic N) is 2. The summed E-state index contributed by atoms with van der Waals surface area (Å²) in [4.78, 5) is 12.7. The molecule has 0 aromatic heterocycles. The highest BCUT2D eigenvalue weighted by atomic mass is 35.5. The van der Waals surface area contributed by atoms with Crippen LogP contribution in [0.15, 0.2) is 18.2 Å². The lowest BCUT2D eigenvalue weighted by molar-refractivity contribution is -0.384. The van der Waals surface area contributed by atoms with Gasteiger partial charge in [0.05, 0.1) is 4.92 Å². The van der Waals surface area contributed by atoms with E-state index in [9.17, 15) is 10.1 Å². The lowest BCUT2D eigenvalue weighted by Crippen LogP contribution is -2.48. The van der Waals surface area contributed by atoms with E-state index in [0.717, 1.165) is 25.1 Å². The van der Waals surface area contributed by atoms with Gasteiger partial charge >= 0.3 is 0 Å². The van der Waals surface area contributed by atoms with E-state index in [1.54, 1.807) is 12.1 Å². The zero-order valence-electron chi connectivity index (χ0n) is 12.0. The van der Waals surface area contributed by atoms with Gasteiger partial charge in [-0.25, -0.2) is 0 Å².